The zero-order valence-electron chi connectivity index (χ0n) is 15.4. The molecule has 0 aliphatic heterocycles. The number of aliphatic carboxylic acids is 1. The van der Waals surface area contributed by atoms with E-state index in [0.29, 0.717) is 22.6 Å². The van der Waals surface area contributed by atoms with Crippen LogP contribution in [0.3, 0.4) is 0 Å². The van der Waals surface area contributed by atoms with E-state index < -0.39 is 12.0 Å². The predicted octanol–water partition coefficient (Wildman–Crippen LogP) is 4.68. The lowest BCUT2D eigenvalue weighted by molar-refractivity contribution is -0.138. The molecule has 0 spiro atoms. The maximum Gasteiger partial charge on any atom is 0.330 e. The molecule has 1 saturated carbocycles. The van der Waals surface area contributed by atoms with Crippen LogP contribution in [0, 0.1) is 11.3 Å². The zero-order chi connectivity index (χ0) is 19.2. The molecule has 0 unspecified atom stereocenters. The van der Waals surface area contributed by atoms with E-state index in [2.05, 4.69) is 11.4 Å². The van der Waals surface area contributed by atoms with Gasteiger partial charge in [-0.3, -0.25) is 0 Å². The number of aryl methyl sites for hydroxylation is 1. The first-order valence-electron chi connectivity index (χ1n) is 9.39. The third kappa shape index (κ3) is 4.59. The van der Waals surface area contributed by atoms with Crippen molar-refractivity contribution in [2.75, 3.05) is 5.32 Å². The number of nitrogens with one attached hydrogen (secondary N) is 1. The molecule has 5 nitrogen and oxygen atoms in total. The number of carboxylic acids is 1. The number of nitrogens with zero attached hydrogens (tertiary/aromatic N) is 1. The summed E-state index contributed by atoms with van der Waals surface area (Å²) >= 11 is 0. The van der Waals surface area contributed by atoms with Gasteiger partial charge in [-0.1, -0.05) is 13.0 Å². The highest BCUT2D eigenvalue weighted by atomic mass is 16.5. The average molecular weight is 364 g/mol. The molecule has 2 aromatic rings. The van der Waals surface area contributed by atoms with E-state index in [1.165, 1.54) is 0 Å². The summed E-state index contributed by atoms with van der Waals surface area (Å²) in [4.78, 5) is 12.0. The van der Waals surface area contributed by atoms with Crippen LogP contribution in [0.5, 0.6) is 5.75 Å². The lowest BCUT2D eigenvalue weighted by Gasteiger charge is -2.22. The summed E-state index contributed by atoms with van der Waals surface area (Å²) < 4.78 is 6.16. The molecule has 0 amide bonds. The van der Waals surface area contributed by atoms with Crippen LogP contribution in [0.2, 0.25) is 0 Å². The van der Waals surface area contributed by atoms with E-state index in [4.69, 9.17) is 10.00 Å². The molecule has 2 N–H and O–H groups in total. The summed E-state index contributed by atoms with van der Waals surface area (Å²) in [7, 11) is 0. The number of rotatable bonds is 7. The molecule has 27 heavy (non-hydrogen) atoms. The Kier molecular flexibility index (Phi) is 5.97. The highest BCUT2D eigenvalue weighted by Crippen LogP contribution is 2.33. The molecule has 2 aromatic carbocycles. The second-order valence-corrected chi connectivity index (χ2v) is 6.85. The lowest BCUT2D eigenvalue weighted by atomic mass is 10.0. The number of benzene rings is 2. The summed E-state index contributed by atoms with van der Waals surface area (Å²) in [6.07, 6.45) is 5.30. The molecular weight excluding hydrogens is 340 g/mol. The summed E-state index contributed by atoms with van der Waals surface area (Å²) in [6, 6.07) is 13.7. The van der Waals surface area contributed by atoms with Gasteiger partial charge in [-0.2, -0.15) is 5.26 Å². The quantitative estimate of drug-likeness (QED) is 0.745. The van der Waals surface area contributed by atoms with Gasteiger partial charge in [0.05, 0.1) is 17.7 Å². The minimum Gasteiger partial charge on any atom is -0.490 e. The fraction of sp³-hybridized carbons (Fsp3) is 0.364. The zero-order valence-corrected chi connectivity index (χ0v) is 15.4. The van der Waals surface area contributed by atoms with Crippen LogP contribution in [0.1, 0.15) is 55.3 Å². The number of nitriles is 1. The van der Waals surface area contributed by atoms with Crippen molar-refractivity contribution >= 4 is 11.7 Å². The third-order valence-corrected chi connectivity index (χ3v) is 4.96. The topological polar surface area (TPSA) is 82.3 Å². The average Bonchev–Trinajstić information content (AvgIpc) is 3.20. The predicted molar refractivity (Wildman–Crippen MR) is 104 cm³/mol. The standard InChI is InChI=1S/C22H24N2O3/c1-2-15-9-12-20(27-18-5-3-4-6-18)19(13-15)21(22(25)26)24-17-10-7-16(14-23)8-11-17/h7-13,18,21,24H,2-6H2,1H3,(H,25,26)/t21-/m1/s1. The molecule has 1 aliphatic carbocycles. The molecule has 1 aliphatic rings. The molecule has 3 rings (SSSR count). The first-order chi connectivity index (χ1) is 13.1. The van der Waals surface area contributed by atoms with Crippen molar-refractivity contribution in [3.63, 3.8) is 0 Å². The molecule has 0 heterocycles. The highest BCUT2D eigenvalue weighted by Gasteiger charge is 2.26. The molecule has 5 heteroatoms. The SMILES string of the molecule is CCc1ccc(OC2CCCC2)c([C@@H](Nc2ccc(C#N)cc2)C(=O)O)c1. The van der Waals surface area contributed by atoms with Gasteiger partial charge in [0.15, 0.2) is 6.04 Å². The van der Waals surface area contributed by atoms with Crippen molar-refractivity contribution < 1.29 is 14.6 Å². The minimum absolute atomic E-state index is 0.153. The summed E-state index contributed by atoms with van der Waals surface area (Å²) in [5, 5.41) is 21.9. The van der Waals surface area contributed by atoms with Crippen molar-refractivity contribution in [2.45, 2.75) is 51.2 Å². The Morgan fingerprint density at radius 2 is 1.96 bits per heavy atom. The lowest BCUT2D eigenvalue weighted by Crippen LogP contribution is -2.23. The Hall–Kier alpha value is -3.00. The summed E-state index contributed by atoms with van der Waals surface area (Å²) in [5.74, 6) is -0.337. The number of hydrogen-bond acceptors (Lipinski definition) is 4. The molecule has 0 radical (unpaired) electrons. The molecule has 1 atom stereocenters. The van der Waals surface area contributed by atoms with Crippen molar-refractivity contribution in [1.82, 2.24) is 0 Å². The van der Waals surface area contributed by atoms with Crippen molar-refractivity contribution in [3.05, 3.63) is 59.2 Å². The van der Waals surface area contributed by atoms with Crippen LogP contribution in [0.25, 0.3) is 0 Å². The fourth-order valence-corrected chi connectivity index (χ4v) is 3.42. The van der Waals surface area contributed by atoms with Crippen LogP contribution in [0.15, 0.2) is 42.5 Å². The van der Waals surface area contributed by atoms with Gasteiger partial charge in [-0.25, -0.2) is 4.79 Å². The van der Waals surface area contributed by atoms with Gasteiger partial charge in [-0.05, 0) is 74.1 Å². The maximum absolute atomic E-state index is 12.0. The van der Waals surface area contributed by atoms with Crippen LogP contribution >= 0.6 is 0 Å². The Bertz CT molecular complexity index is 834. The van der Waals surface area contributed by atoms with E-state index in [-0.39, 0.29) is 6.10 Å². The fourth-order valence-electron chi connectivity index (χ4n) is 3.42. The second kappa shape index (κ2) is 8.59. The number of ether oxygens (including phenoxy) is 1. The minimum atomic E-state index is -0.969. The van der Waals surface area contributed by atoms with Gasteiger partial charge >= 0.3 is 5.97 Å². The van der Waals surface area contributed by atoms with E-state index >= 15 is 0 Å². The van der Waals surface area contributed by atoms with Gasteiger partial charge in [0.25, 0.3) is 0 Å². The molecule has 1 fully saturated rings. The number of hydrogen-bond donors (Lipinski definition) is 2. The molecule has 0 bridgehead atoms. The number of carboxylic acid groups (broad SMARTS) is 1. The van der Waals surface area contributed by atoms with E-state index in [0.717, 1.165) is 37.7 Å². The monoisotopic (exact) mass is 364 g/mol. The Balaban J connectivity index is 1.92. The first kappa shape index (κ1) is 18.8. The van der Waals surface area contributed by atoms with E-state index in [1.807, 2.05) is 25.1 Å². The van der Waals surface area contributed by atoms with Gasteiger partial charge in [0.2, 0.25) is 0 Å². The van der Waals surface area contributed by atoms with Gasteiger partial charge < -0.3 is 15.2 Å². The summed E-state index contributed by atoms with van der Waals surface area (Å²) in [6.45, 7) is 2.04. The first-order valence-corrected chi connectivity index (χ1v) is 9.39. The van der Waals surface area contributed by atoms with Gasteiger partial charge in [0, 0.05) is 11.3 Å². The van der Waals surface area contributed by atoms with E-state index in [9.17, 15) is 9.90 Å². The molecular formula is C22H24N2O3. The van der Waals surface area contributed by atoms with Crippen LogP contribution in [-0.2, 0) is 11.2 Å². The summed E-state index contributed by atoms with van der Waals surface area (Å²) in [5.41, 5.74) is 2.88. The van der Waals surface area contributed by atoms with Crippen LogP contribution in [-0.4, -0.2) is 17.2 Å². The van der Waals surface area contributed by atoms with Crippen molar-refractivity contribution in [1.29, 1.82) is 5.26 Å². The Morgan fingerprint density at radius 1 is 1.26 bits per heavy atom. The van der Waals surface area contributed by atoms with E-state index in [1.54, 1.807) is 24.3 Å². The van der Waals surface area contributed by atoms with Crippen LogP contribution in [0.4, 0.5) is 5.69 Å². The maximum atomic E-state index is 12.0. The highest BCUT2D eigenvalue weighted by molar-refractivity contribution is 5.80. The largest absolute Gasteiger partial charge is 0.490 e. The van der Waals surface area contributed by atoms with Crippen molar-refractivity contribution in [2.24, 2.45) is 0 Å². The van der Waals surface area contributed by atoms with Crippen molar-refractivity contribution in [3.8, 4) is 11.8 Å². The van der Waals surface area contributed by atoms with Gasteiger partial charge in [0.1, 0.15) is 5.75 Å². The molecule has 0 aromatic heterocycles. The van der Waals surface area contributed by atoms with Gasteiger partial charge in [-0.15, -0.1) is 0 Å². The Labute approximate surface area is 159 Å². The number of anilines is 1. The van der Waals surface area contributed by atoms with Crippen LogP contribution < -0.4 is 10.1 Å². The normalized spacial score (nSPS) is 15.1. The third-order valence-electron chi connectivity index (χ3n) is 4.96. The molecule has 0 saturated heterocycles. The number of carbonyl (C=O) groups is 1. The molecule has 140 valence electrons. The Morgan fingerprint density at radius 3 is 2.56 bits per heavy atom. The smallest absolute Gasteiger partial charge is 0.330 e. The second-order valence-electron chi connectivity index (χ2n) is 6.85.